The van der Waals surface area contributed by atoms with E-state index < -0.39 is 10.0 Å². The topological polar surface area (TPSA) is 55.4 Å². The maximum Gasteiger partial charge on any atom is 0.241 e. The van der Waals surface area contributed by atoms with Crippen LogP contribution >= 0.6 is 0 Å². The number of hydrogen-bond acceptors (Lipinski definition) is 3. The van der Waals surface area contributed by atoms with E-state index in [9.17, 15) is 8.42 Å². The van der Waals surface area contributed by atoms with Gasteiger partial charge in [0, 0.05) is 6.04 Å². The second-order valence-corrected chi connectivity index (χ2v) is 8.78. The highest BCUT2D eigenvalue weighted by molar-refractivity contribution is 7.89. The summed E-state index contributed by atoms with van der Waals surface area (Å²) in [5.74, 6) is 0.698. The van der Waals surface area contributed by atoms with Crippen LogP contribution in [-0.4, -0.2) is 15.5 Å². The SMILES string of the molecule is COc1ccc(S(=O)(=O)NC(C)c2ccc3c(c2)CCCC3)c(C)c1C. The molecule has 1 atom stereocenters. The summed E-state index contributed by atoms with van der Waals surface area (Å²) < 4.78 is 34.0. The van der Waals surface area contributed by atoms with E-state index in [4.69, 9.17) is 4.74 Å². The van der Waals surface area contributed by atoms with Gasteiger partial charge in [-0.05, 0) is 86.4 Å². The van der Waals surface area contributed by atoms with E-state index in [1.165, 1.54) is 24.0 Å². The average molecular weight is 374 g/mol. The number of sulfonamides is 1. The van der Waals surface area contributed by atoms with Gasteiger partial charge in [-0.15, -0.1) is 0 Å². The van der Waals surface area contributed by atoms with Crippen molar-refractivity contribution in [3.63, 3.8) is 0 Å². The van der Waals surface area contributed by atoms with E-state index >= 15 is 0 Å². The minimum Gasteiger partial charge on any atom is -0.496 e. The monoisotopic (exact) mass is 373 g/mol. The molecule has 0 saturated heterocycles. The molecule has 26 heavy (non-hydrogen) atoms. The zero-order valence-electron chi connectivity index (χ0n) is 15.9. The lowest BCUT2D eigenvalue weighted by Gasteiger charge is -2.21. The number of ether oxygens (including phenoxy) is 1. The summed E-state index contributed by atoms with van der Waals surface area (Å²) in [5.41, 5.74) is 5.33. The lowest BCUT2D eigenvalue weighted by atomic mass is 9.89. The quantitative estimate of drug-likeness (QED) is 0.853. The Kier molecular flexibility index (Phi) is 5.39. The van der Waals surface area contributed by atoms with Crippen molar-refractivity contribution in [2.24, 2.45) is 0 Å². The Hall–Kier alpha value is -1.85. The molecule has 0 spiro atoms. The molecule has 2 aromatic carbocycles. The third kappa shape index (κ3) is 3.64. The Morgan fingerprint density at radius 1 is 1.00 bits per heavy atom. The van der Waals surface area contributed by atoms with Gasteiger partial charge >= 0.3 is 0 Å². The number of methoxy groups -OCH3 is 1. The first-order chi connectivity index (χ1) is 12.3. The predicted octanol–water partition coefficient (Wildman–Crippen LogP) is 4.23. The van der Waals surface area contributed by atoms with Gasteiger partial charge in [-0.1, -0.05) is 18.2 Å². The molecule has 0 bridgehead atoms. The molecule has 0 amide bonds. The third-order valence-electron chi connectivity index (χ3n) is 5.40. The number of rotatable bonds is 5. The Morgan fingerprint density at radius 3 is 2.38 bits per heavy atom. The number of fused-ring (bicyclic) bond motifs is 1. The van der Waals surface area contributed by atoms with E-state index in [0.717, 1.165) is 29.5 Å². The normalized spacial score (nSPS) is 15.4. The molecule has 1 unspecified atom stereocenters. The van der Waals surface area contributed by atoms with E-state index in [-0.39, 0.29) is 6.04 Å². The molecule has 0 radical (unpaired) electrons. The van der Waals surface area contributed by atoms with Crippen LogP contribution in [-0.2, 0) is 22.9 Å². The first kappa shape index (κ1) is 18.9. The van der Waals surface area contributed by atoms with Crippen molar-refractivity contribution in [2.75, 3.05) is 7.11 Å². The van der Waals surface area contributed by atoms with Crippen LogP contribution in [0.2, 0.25) is 0 Å². The fourth-order valence-corrected chi connectivity index (χ4v) is 5.20. The summed E-state index contributed by atoms with van der Waals surface area (Å²) in [6.45, 7) is 5.59. The highest BCUT2D eigenvalue weighted by Gasteiger charge is 2.23. The van der Waals surface area contributed by atoms with Crippen LogP contribution < -0.4 is 9.46 Å². The fraction of sp³-hybridized carbons (Fsp3) is 0.429. The van der Waals surface area contributed by atoms with Crippen LogP contribution in [0.25, 0.3) is 0 Å². The van der Waals surface area contributed by atoms with Crippen molar-refractivity contribution in [3.05, 3.63) is 58.1 Å². The van der Waals surface area contributed by atoms with E-state index in [0.29, 0.717) is 10.6 Å². The Labute approximate surface area is 156 Å². The first-order valence-corrected chi connectivity index (χ1v) is 10.6. The van der Waals surface area contributed by atoms with Gasteiger partial charge < -0.3 is 4.74 Å². The predicted molar refractivity (Wildman–Crippen MR) is 104 cm³/mol. The molecule has 4 nitrogen and oxygen atoms in total. The molecule has 5 heteroatoms. The molecule has 0 heterocycles. The van der Waals surface area contributed by atoms with Gasteiger partial charge in [-0.2, -0.15) is 0 Å². The van der Waals surface area contributed by atoms with Gasteiger partial charge in [0.1, 0.15) is 5.75 Å². The Bertz CT molecular complexity index is 919. The van der Waals surface area contributed by atoms with Crippen molar-refractivity contribution < 1.29 is 13.2 Å². The molecular weight excluding hydrogens is 346 g/mol. The van der Waals surface area contributed by atoms with Crippen LogP contribution in [0.1, 0.15) is 53.6 Å². The molecule has 1 N–H and O–H groups in total. The molecule has 3 rings (SSSR count). The van der Waals surface area contributed by atoms with Crippen LogP contribution in [0.4, 0.5) is 0 Å². The number of aryl methyl sites for hydroxylation is 2. The number of nitrogens with one attached hydrogen (secondary N) is 1. The van der Waals surface area contributed by atoms with Crippen molar-refractivity contribution in [1.82, 2.24) is 4.72 Å². The lowest BCUT2D eigenvalue weighted by Crippen LogP contribution is -2.28. The van der Waals surface area contributed by atoms with Gasteiger partial charge in [-0.25, -0.2) is 13.1 Å². The van der Waals surface area contributed by atoms with Gasteiger partial charge in [-0.3, -0.25) is 0 Å². The second kappa shape index (κ2) is 7.41. The van der Waals surface area contributed by atoms with Crippen LogP contribution in [0.3, 0.4) is 0 Å². The smallest absolute Gasteiger partial charge is 0.241 e. The van der Waals surface area contributed by atoms with Gasteiger partial charge in [0.2, 0.25) is 10.0 Å². The minimum atomic E-state index is -3.61. The van der Waals surface area contributed by atoms with Gasteiger partial charge in [0.25, 0.3) is 0 Å². The molecule has 2 aromatic rings. The number of benzene rings is 2. The molecular formula is C21H27NO3S. The highest BCUT2D eigenvalue weighted by Crippen LogP contribution is 2.29. The Balaban J connectivity index is 1.87. The molecule has 0 aromatic heterocycles. The largest absolute Gasteiger partial charge is 0.496 e. The van der Waals surface area contributed by atoms with Crippen molar-refractivity contribution in [2.45, 2.75) is 57.4 Å². The zero-order valence-corrected chi connectivity index (χ0v) is 16.7. The zero-order chi connectivity index (χ0) is 18.9. The third-order valence-corrected chi connectivity index (χ3v) is 7.09. The molecule has 0 saturated carbocycles. The summed E-state index contributed by atoms with van der Waals surface area (Å²) in [6.07, 6.45) is 4.66. The second-order valence-electron chi connectivity index (χ2n) is 7.09. The molecule has 0 aliphatic heterocycles. The molecule has 0 fully saturated rings. The van der Waals surface area contributed by atoms with E-state index in [1.54, 1.807) is 19.2 Å². The van der Waals surface area contributed by atoms with Crippen LogP contribution in [0.15, 0.2) is 35.2 Å². The Morgan fingerprint density at radius 2 is 1.69 bits per heavy atom. The fourth-order valence-electron chi connectivity index (χ4n) is 3.67. The molecule has 1 aliphatic carbocycles. The van der Waals surface area contributed by atoms with E-state index in [2.05, 4.69) is 16.9 Å². The number of hydrogen-bond donors (Lipinski definition) is 1. The van der Waals surface area contributed by atoms with Crippen LogP contribution in [0.5, 0.6) is 5.75 Å². The summed E-state index contributed by atoms with van der Waals surface area (Å²) in [7, 11) is -2.02. The summed E-state index contributed by atoms with van der Waals surface area (Å²) >= 11 is 0. The average Bonchev–Trinajstić information content (AvgIpc) is 2.62. The van der Waals surface area contributed by atoms with E-state index in [1.807, 2.05) is 26.8 Å². The summed E-state index contributed by atoms with van der Waals surface area (Å²) in [4.78, 5) is 0.306. The lowest BCUT2D eigenvalue weighted by molar-refractivity contribution is 0.410. The standard InChI is InChI=1S/C21H27NO3S/c1-14-15(2)21(12-11-20(14)25-4)26(23,24)22-16(3)18-10-9-17-7-5-6-8-19(17)13-18/h9-13,16,22H,5-8H2,1-4H3. The molecule has 1 aliphatic rings. The van der Waals surface area contributed by atoms with Gasteiger partial charge in [0.05, 0.1) is 12.0 Å². The van der Waals surface area contributed by atoms with Crippen molar-refractivity contribution >= 4 is 10.0 Å². The maximum absolute atomic E-state index is 12.9. The molecule has 140 valence electrons. The van der Waals surface area contributed by atoms with Gasteiger partial charge in [0.15, 0.2) is 0 Å². The summed E-state index contributed by atoms with van der Waals surface area (Å²) in [5, 5.41) is 0. The van der Waals surface area contributed by atoms with Crippen molar-refractivity contribution in [1.29, 1.82) is 0 Å². The minimum absolute atomic E-state index is 0.283. The first-order valence-electron chi connectivity index (χ1n) is 9.11. The van der Waals surface area contributed by atoms with Crippen LogP contribution in [0, 0.1) is 13.8 Å². The summed E-state index contributed by atoms with van der Waals surface area (Å²) in [6, 6.07) is 9.40. The van der Waals surface area contributed by atoms with Crippen molar-refractivity contribution in [3.8, 4) is 5.75 Å². The highest BCUT2D eigenvalue weighted by atomic mass is 32.2. The maximum atomic E-state index is 12.9.